The number of carbonyl (C=O) groups excluding carboxylic acids is 1. The Balaban J connectivity index is 4.83. The molecular formula is C12H22O4P+. The molecule has 0 aliphatic heterocycles. The van der Waals surface area contributed by atoms with Gasteiger partial charge in [0.1, 0.15) is 5.60 Å². The summed E-state index contributed by atoms with van der Waals surface area (Å²) < 4.78 is 21.3. The Morgan fingerprint density at radius 2 is 1.76 bits per heavy atom. The maximum Gasteiger partial charge on any atom is 0.697 e. The Morgan fingerprint density at radius 3 is 2.12 bits per heavy atom. The number of allylic oxidation sites excluding steroid dienone is 1. The molecule has 0 heterocycles. The summed E-state index contributed by atoms with van der Waals surface area (Å²) in [5.74, 6) is -0.0145. The molecule has 0 bridgehead atoms. The third-order valence-corrected chi connectivity index (χ3v) is 4.06. The minimum absolute atomic E-state index is 0.0145. The fourth-order valence-electron chi connectivity index (χ4n) is 1.11. The van der Waals surface area contributed by atoms with Gasteiger partial charge >= 0.3 is 8.25 Å². The Bertz CT molecular complexity index is 331. The first-order valence-corrected chi connectivity index (χ1v) is 6.52. The highest BCUT2D eigenvalue weighted by Gasteiger charge is 2.46. The van der Waals surface area contributed by atoms with Crippen LogP contribution >= 0.6 is 8.25 Å². The molecule has 0 amide bonds. The van der Waals surface area contributed by atoms with Crippen LogP contribution in [0.3, 0.4) is 0 Å². The van der Waals surface area contributed by atoms with Crippen LogP contribution in [0.25, 0.3) is 0 Å². The van der Waals surface area contributed by atoms with Crippen molar-refractivity contribution < 1.29 is 18.4 Å². The highest BCUT2D eigenvalue weighted by Crippen LogP contribution is 2.43. The Labute approximate surface area is 104 Å². The lowest BCUT2D eigenvalue weighted by Crippen LogP contribution is -2.41. The van der Waals surface area contributed by atoms with Crippen LogP contribution in [-0.2, 0) is 18.4 Å². The molecule has 0 aromatic carbocycles. The molecule has 0 N–H and O–H groups in total. The molecule has 0 fully saturated rings. The second kappa shape index (κ2) is 5.85. The van der Waals surface area contributed by atoms with Crippen molar-refractivity contribution in [3.8, 4) is 0 Å². The predicted molar refractivity (Wildman–Crippen MR) is 68.0 cm³/mol. The molecule has 0 aliphatic rings. The Hall–Kier alpha value is -0.570. The van der Waals surface area contributed by atoms with E-state index in [9.17, 15) is 9.36 Å². The van der Waals surface area contributed by atoms with Crippen molar-refractivity contribution in [2.24, 2.45) is 5.41 Å². The maximum atomic E-state index is 11.7. The van der Waals surface area contributed by atoms with Gasteiger partial charge in [0.05, 0.1) is 7.11 Å². The smallest absolute Gasteiger partial charge is 0.295 e. The van der Waals surface area contributed by atoms with Gasteiger partial charge in [-0.3, -0.25) is 4.79 Å². The molecule has 1 atom stereocenters. The van der Waals surface area contributed by atoms with Crippen LogP contribution in [0.15, 0.2) is 12.2 Å². The summed E-state index contributed by atoms with van der Waals surface area (Å²) in [6.45, 7) is 12.7. The minimum Gasteiger partial charge on any atom is -0.295 e. The summed E-state index contributed by atoms with van der Waals surface area (Å²) >= 11 is 0. The van der Waals surface area contributed by atoms with Crippen molar-refractivity contribution >= 4 is 14.0 Å². The summed E-state index contributed by atoms with van der Waals surface area (Å²) in [7, 11) is -0.834. The van der Waals surface area contributed by atoms with Crippen LogP contribution in [-0.4, -0.2) is 18.5 Å². The predicted octanol–water partition coefficient (Wildman–Crippen LogP) is 3.65. The second-order valence-electron chi connectivity index (χ2n) is 5.27. The lowest BCUT2D eigenvalue weighted by atomic mass is 9.73. The summed E-state index contributed by atoms with van der Waals surface area (Å²) in [6.07, 6.45) is 0.294. The Kier molecular flexibility index (Phi) is 5.66. The highest BCUT2D eigenvalue weighted by molar-refractivity contribution is 7.33. The van der Waals surface area contributed by atoms with Gasteiger partial charge in [-0.05, 0) is 26.3 Å². The van der Waals surface area contributed by atoms with Crippen LogP contribution in [0, 0.1) is 5.41 Å². The number of hydrogen-bond acceptors (Lipinski definition) is 4. The van der Waals surface area contributed by atoms with Crippen molar-refractivity contribution in [3.63, 3.8) is 0 Å². The van der Waals surface area contributed by atoms with Gasteiger partial charge in [0, 0.05) is 16.4 Å². The average Bonchev–Trinajstić information content (AvgIpc) is 2.15. The average molecular weight is 261 g/mol. The molecule has 0 aromatic rings. The van der Waals surface area contributed by atoms with Crippen LogP contribution in [0.1, 0.15) is 41.0 Å². The molecule has 0 aliphatic carbocycles. The molecule has 5 heteroatoms. The molecular weight excluding hydrogens is 239 g/mol. The second-order valence-corrected chi connectivity index (χ2v) is 6.27. The zero-order chi connectivity index (χ0) is 13.9. The van der Waals surface area contributed by atoms with Gasteiger partial charge in [-0.25, -0.2) is 0 Å². The zero-order valence-corrected chi connectivity index (χ0v) is 12.4. The number of rotatable bonds is 7. The van der Waals surface area contributed by atoms with Crippen molar-refractivity contribution in [2.75, 3.05) is 7.11 Å². The van der Waals surface area contributed by atoms with Gasteiger partial charge in [0.25, 0.3) is 0 Å². The summed E-state index contributed by atoms with van der Waals surface area (Å²) in [6, 6.07) is 0. The number of carbonyl (C=O) groups is 1. The van der Waals surface area contributed by atoms with Gasteiger partial charge in [-0.2, -0.15) is 0 Å². The quantitative estimate of drug-likeness (QED) is 0.518. The summed E-state index contributed by atoms with van der Waals surface area (Å²) in [5.41, 5.74) is -0.682. The van der Waals surface area contributed by atoms with Crippen molar-refractivity contribution in [2.45, 2.75) is 46.6 Å². The minimum atomic E-state index is -2.15. The number of hydrogen-bond donors (Lipinski definition) is 0. The largest absolute Gasteiger partial charge is 0.697 e. The van der Waals surface area contributed by atoms with Gasteiger partial charge in [-0.1, -0.05) is 20.4 Å². The SMILES string of the molecule is C=C(C)C(=O)CC(C)(C)C(C)(C)O[P+](=O)OC. The first-order valence-electron chi connectivity index (χ1n) is 5.42. The van der Waals surface area contributed by atoms with Crippen molar-refractivity contribution in [3.05, 3.63) is 12.2 Å². The molecule has 17 heavy (non-hydrogen) atoms. The Morgan fingerprint density at radius 1 is 1.29 bits per heavy atom. The van der Waals surface area contributed by atoms with Crippen LogP contribution in [0.2, 0.25) is 0 Å². The van der Waals surface area contributed by atoms with E-state index in [4.69, 9.17) is 4.52 Å². The lowest BCUT2D eigenvalue weighted by molar-refractivity contribution is -0.121. The van der Waals surface area contributed by atoms with E-state index in [0.717, 1.165) is 0 Å². The van der Waals surface area contributed by atoms with Gasteiger partial charge in [0.15, 0.2) is 5.78 Å². The highest BCUT2D eigenvalue weighted by atomic mass is 31.1. The summed E-state index contributed by atoms with van der Waals surface area (Å²) in [4.78, 5) is 11.7. The fourth-order valence-corrected chi connectivity index (χ4v) is 1.81. The van der Waals surface area contributed by atoms with Crippen molar-refractivity contribution in [1.29, 1.82) is 0 Å². The van der Waals surface area contributed by atoms with E-state index >= 15 is 0 Å². The van der Waals surface area contributed by atoms with E-state index in [1.807, 2.05) is 13.8 Å². The van der Waals surface area contributed by atoms with E-state index in [1.165, 1.54) is 7.11 Å². The molecule has 4 nitrogen and oxygen atoms in total. The molecule has 0 saturated carbocycles. The standard InChI is InChI=1S/C12H22O4P/c1-9(2)10(13)8-11(3,4)12(5,6)16-17(14)15-7/h1,8H2,2-7H3/q+1. The molecule has 1 unspecified atom stereocenters. The number of Topliss-reactive ketones (excluding diaryl/α,β-unsaturated/α-hetero) is 1. The topological polar surface area (TPSA) is 52.6 Å². The molecule has 0 aromatic heterocycles. The van der Waals surface area contributed by atoms with Gasteiger partial charge < -0.3 is 0 Å². The molecule has 0 saturated heterocycles. The van der Waals surface area contributed by atoms with Crippen LogP contribution < -0.4 is 0 Å². The number of ketones is 1. The monoisotopic (exact) mass is 261 g/mol. The van der Waals surface area contributed by atoms with E-state index in [2.05, 4.69) is 11.1 Å². The zero-order valence-electron chi connectivity index (χ0n) is 11.5. The first kappa shape index (κ1) is 16.4. The lowest BCUT2D eigenvalue weighted by Gasteiger charge is -2.36. The van der Waals surface area contributed by atoms with Crippen LogP contribution in [0.4, 0.5) is 0 Å². The molecule has 0 radical (unpaired) electrons. The third kappa shape index (κ3) is 4.66. The van der Waals surface area contributed by atoms with E-state index in [0.29, 0.717) is 12.0 Å². The van der Waals surface area contributed by atoms with Crippen LogP contribution in [0.5, 0.6) is 0 Å². The van der Waals surface area contributed by atoms with Gasteiger partial charge in [0.2, 0.25) is 0 Å². The van der Waals surface area contributed by atoms with E-state index in [1.54, 1.807) is 20.8 Å². The molecule has 98 valence electrons. The maximum absolute atomic E-state index is 11.7. The fraction of sp³-hybridized carbons (Fsp3) is 0.750. The van der Waals surface area contributed by atoms with Crippen molar-refractivity contribution in [1.82, 2.24) is 0 Å². The van der Waals surface area contributed by atoms with Gasteiger partial charge in [-0.15, -0.1) is 9.05 Å². The molecule has 0 spiro atoms. The molecule has 0 rings (SSSR count). The summed E-state index contributed by atoms with van der Waals surface area (Å²) in [5, 5.41) is 0. The first-order chi connectivity index (χ1) is 7.53. The van der Waals surface area contributed by atoms with E-state index in [-0.39, 0.29) is 5.78 Å². The third-order valence-electron chi connectivity index (χ3n) is 3.16. The normalized spacial score (nSPS) is 13.4. The van der Waals surface area contributed by atoms with E-state index < -0.39 is 19.3 Å².